The van der Waals surface area contributed by atoms with Crippen LogP contribution in [0.15, 0.2) is 0 Å². The average molecular weight is 174 g/mol. The van der Waals surface area contributed by atoms with Crippen molar-refractivity contribution in [3.8, 4) is 0 Å². The van der Waals surface area contributed by atoms with Gasteiger partial charge in [-0.3, -0.25) is 0 Å². The molecule has 11 heavy (non-hydrogen) atoms. The molecule has 0 amide bonds. The second-order valence-corrected chi connectivity index (χ2v) is 6.33. The van der Waals surface area contributed by atoms with E-state index in [1.807, 2.05) is 0 Å². The summed E-state index contributed by atoms with van der Waals surface area (Å²) < 4.78 is 22.3. The zero-order valence-electron chi connectivity index (χ0n) is 6.79. The van der Waals surface area contributed by atoms with Crippen molar-refractivity contribution in [3.05, 3.63) is 0 Å². The molecule has 2 nitrogen and oxygen atoms in total. The summed E-state index contributed by atoms with van der Waals surface area (Å²) in [7, 11) is -2.63. The van der Waals surface area contributed by atoms with Gasteiger partial charge < -0.3 is 0 Å². The summed E-state index contributed by atoms with van der Waals surface area (Å²) >= 11 is 0. The number of hydrogen-bond donors (Lipinski definition) is 0. The lowest BCUT2D eigenvalue weighted by atomic mass is 10.0. The summed E-state index contributed by atoms with van der Waals surface area (Å²) in [6, 6.07) is 0. The number of sulfone groups is 1. The van der Waals surface area contributed by atoms with E-state index in [0.717, 1.165) is 18.8 Å². The van der Waals surface area contributed by atoms with E-state index in [4.69, 9.17) is 0 Å². The Morgan fingerprint density at radius 1 is 1.09 bits per heavy atom. The first-order valence-corrected chi connectivity index (χ1v) is 6.09. The average Bonchev–Trinajstić information content (AvgIpc) is 2.17. The number of hydrogen-bond acceptors (Lipinski definition) is 2. The summed E-state index contributed by atoms with van der Waals surface area (Å²) in [4.78, 5) is 0. The molecule has 1 saturated heterocycles. The van der Waals surface area contributed by atoms with Crippen LogP contribution in [0.4, 0.5) is 0 Å². The quantitative estimate of drug-likeness (QED) is 0.550. The van der Waals surface area contributed by atoms with Crippen LogP contribution in [-0.4, -0.2) is 19.9 Å². The zero-order chi connectivity index (χ0) is 8.06. The molecule has 1 aliphatic carbocycles. The molecule has 2 rings (SSSR count). The predicted octanol–water partition coefficient (Wildman–Crippen LogP) is 1.08. The topological polar surface area (TPSA) is 34.1 Å². The van der Waals surface area contributed by atoms with Gasteiger partial charge in [0.15, 0.2) is 9.84 Å². The standard InChI is InChI=1S/C8H14O2S/c1-6-2-7-4-11(9,10)5-8(7)3-6/h6-8H,2-5H2,1H3. The Bertz CT molecular complexity index is 235. The van der Waals surface area contributed by atoms with Crippen molar-refractivity contribution in [1.29, 1.82) is 0 Å². The number of fused-ring (bicyclic) bond motifs is 1. The van der Waals surface area contributed by atoms with Gasteiger partial charge >= 0.3 is 0 Å². The van der Waals surface area contributed by atoms with Crippen molar-refractivity contribution in [2.24, 2.45) is 17.8 Å². The summed E-state index contributed by atoms with van der Waals surface area (Å²) in [5.74, 6) is 2.73. The third-order valence-electron chi connectivity index (χ3n) is 3.01. The first kappa shape index (κ1) is 7.59. The Kier molecular flexibility index (Phi) is 1.53. The van der Waals surface area contributed by atoms with Crippen LogP contribution in [0.2, 0.25) is 0 Å². The van der Waals surface area contributed by atoms with E-state index < -0.39 is 9.84 Å². The molecule has 64 valence electrons. The highest BCUT2D eigenvalue weighted by atomic mass is 32.2. The maximum atomic E-state index is 11.2. The molecule has 0 bridgehead atoms. The van der Waals surface area contributed by atoms with Crippen molar-refractivity contribution in [2.45, 2.75) is 19.8 Å². The zero-order valence-corrected chi connectivity index (χ0v) is 7.60. The van der Waals surface area contributed by atoms with Crippen molar-refractivity contribution in [2.75, 3.05) is 11.5 Å². The molecule has 0 N–H and O–H groups in total. The molecule has 0 aromatic heterocycles. The van der Waals surface area contributed by atoms with Crippen LogP contribution in [0.5, 0.6) is 0 Å². The molecule has 0 aromatic rings. The Morgan fingerprint density at radius 3 is 2.00 bits per heavy atom. The van der Waals surface area contributed by atoms with E-state index in [0.29, 0.717) is 23.3 Å². The molecule has 2 aliphatic rings. The van der Waals surface area contributed by atoms with Gasteiger partial charge in [0, 0.05) is 0 Å². The van der Waals surface area contributed by atoms with Crippen LogP contribution < -0.4 is 0 Å². The van der Waals surface area contributed by atoms with Gasteiger partial charge in [0.25, 0.3) is 0 Å². The van der Waals surface area contributed by atoms with Crippen LogP contribution in [0.25, 0.3) is 0 Å². The van der Waals surface area contributed by atoms with E-state index in [1.54, 1.807) is 0 Å². The first-order valence-electron chi connectivity index (χ1n) is 4.27. The molecule has 0 aromatic carbocycles. The third-order valence-corrected chi connectivity index (χ3v) is 4.88. The number of rotatable bonds is 0. The SMILES string of the molecule is CC1CC2CS(=O)(=O)CC2C1. The molecule has 0 spiro atoms. The van der Waals surface area contributed by atoms with Gasteiger partial charge in [0.2, 0.25) is 0 Å². The maximum absolute atomic E-state index is 11.2. The molecule has 1 aliphatic heterocycles. The van der Waals surface area contributed by atoms with Gasteiger partial charge in [-0.25, -0.2) is 8.42 Å². The molecule has 0 radical (unpaired) electrons. The molecule has 3 heteroatoms. The maximum Gasteiger partial charge on any atom is 0.150 e. The highest BCUT2D eigenvalue weighted by Crippen LogP contribution is 2.42. The van der Waals surface area contributed by atoms with Crippen LogP contribution in [0, 0.1) is 17.8 Å². The summed E-state index contributed by atoms with van der Waals surface area (Å²) in [6.07, 6.45) is 2.29. The van der Waals surface area contributed by atoms with Gasteiger partial charge in [-0.15, -0.1) is 0 Å². The second kappa shape index (κ2) is 2.22. The Morgan fingerprint density at radius 2 is 1.55 bits per heavy atom. The van der Waals surface area contributed by atoms with Crippen LogP contribution in [-0.2, 0) is 9.84 Å². The minimum Gasteiger partial charge on any atom is -0.229 e. The highest BCUT2D eigenvalue weighted by Gasteiger charge is 2.42. The second-order valence-electron chi connectivity index (χ2n) is 4.17. The fourth-order valence-electron chi connectivity index (χ4n) is 2.64. The molecule has 2 atom stereocenters. The van der Waals surface area contributed by atoms with Crippen LogP contribution in [0.3, 0.4) is 0 Å². The van der Waals surface area contributed by atoms with E-state index in [2.05, 4.69) is 6.92 Å². The molecule has 1 heterocycles. The van der Waals surface area contributed by atoms with Gasteiger partial charge in [0.1, 0.15) is 0 Å². The molecular formula is C8H14O2S. The largest absolute Gasteiger partial charge is 0.229 e. The fourth-order valence-corrected chi connectivity index (χ4v) is 4.90. The van der Waals surface area contributed by atoms with Crippen LogP contribution in [0.1, 0.15) is 19.8 Å². The van der Waals surface area contributed by atoms with Gasteiger partial charge in [-0.2, -0.15) is 0 Å². The monoisotopic (exact) mass is 174 g/mol. The van der Waals surface area contributed by atoms with Crippen molar-refractivity contribution in [3.63, 3.8) is 0 Å². The third kappa shape index (κ3) is 1.31. The van der Waals surface area contributed by atoms with Crippen molar-refractivity contribution < 1.29 is 8.42 Å². The summed E-state index contributed by atoms with van der Waals surface area (Å²) in [5.41, 5.74) is 0. The van der Waals surface area contributed by atoms with E-state index >= 15 is 0 Å². The van der Waals surface area contributed by atoms with Crippen LogP contribution >= 0.6 is 0 Å². The normalized spacial score (nSPS) is 47.5. The lowest BCUT2D eigenvalue weighted by Gasteiger charge is -2.01. The Hall–Kier alpha value is -0.0500. The lowest BCUT2D eigenvalue weighted by molar-refractivity contribution is 0.494. The molecule has 2 fully saturated rings. The minimum absolute atomic E-state index is 0.474. The van der Waals surface area contributed by atoms with E-state index in [1.165, 1.54) is 0 Å². The van der Waals surface area contributed by atoms with Gasteiger partial charge in [0.05, 0.1) is 11.5 Å². The van der Waals surface area contributed by atoms with E-state index in [-0.39, 0.29) is 0 Å². The van der Waals surface area contributed by atoms with Gasteiger partial charge in [-0.05, 0) is 30.6 Å². The molecular weight excluding hydrogens is 160 g/mol. The van der Waals surface area contributed by atoms with Crippen molar-refractivity contribution in [1.82, 2.24) is 0 Å². The first-order chi connectivity index (χ1) is 5.07. The summed E-state index contributed by atoms with van der Waals surface area (Å²) in [6.45, 7) is 2.23. The Labute approximate surface area is 67.9 Å². The predicted molar refractivity (Wildman–Crippen MR) is 44.0 cm³/mol. The fraction of sp³-hybridized carbons (Fsp3) is 1.00. The molecule has 1 saturated carbocycles. The van der Waals surface area contributed by atoms with E-state index in [9.17, 15) is 8.42 Å². The Balaban J connectivity index is 2.16. The minimum atomic E-state index is -2.63. The molecule has 2 unspecified atom stereocenters. The summed E-state index contributed by atoms with van der Waals surface area (Å²) in [5, 5.41) is 0. The van der Waals surface area contributed by atoms with Crippen molar-refractivity contribution >= 4 is 9.84 Å². The smallest absolute Gasteiger partial charge is 0.150 e. The highest BCUT2D eigenvalue weighted by molar-refractivity contribution is 7.91. The lowest BCUT2D eigenvalue weighted by Crippen LogP contribution is -2.06. The van der Waals surface area contributed by atoms with Gasteiger partial charge in [-0.1, -0.05) is 6.92 Å².